The van der Waals surface area contributed by atoms with E-state index in [-0.39, 0.29) is 30.3 Å². The lowest BCUT2D eigenvalue weighted by Crippen LogP contribution is -2.11. The molecule has 0 fully saturated rings. The molecule has 0 atom stereocenters. The number of hydrogen-bond donors (Lipinski definition) is 0. The molecule has 0 spiro atoms. The van der Waals surface area contributed by atoms with Gasteiger partial charge in [-0.05, 0) is 48.9 Å². The van der Waals surface area contributed by atoms with E-state index in [1.54, 1.807) is 32.0 Å². The molecule has 0 amide bonds. The fraction of sp³-hybridized carbons (Fsp3) is 0.200. The first-order chi connectivity index (χ1) is 14.6. The standard InChI is InChI=1S/C25H24O5/c1-3-23(26)21-11-8-12-22(25(27)28-4-2)24(21)29-17-18-13-15-20(16-14-18)30-19-9-6-5-7-10-19/h5-16H,3-4,17H2,1-2H3. The molecule has 0 aliphatic rings. The molecule has 0 saturated heterocycles. The van der Waals surface area contributed by atoms with Crippen molar-refractivity contribution in [2.45, 2.75) is 26.9 Å². The highest BCUT2D eigenvalue weighted by Crippen LogP contribution is 2.28. The van der Waals surface area contributed by atoms with E-state index in [0.29, 0.717) is 17.7 Å². The fourth-order valence-electron chi connectivity index (χ4n) is 2.91. The van der Waals surface area contributed by atoms with Crippen LogP contribution in [0.1, 0.15) is 46.5 Å². The summed E-state index contributed by atoms with van der Waals surface area (Å²) in [5.41, 5.74) is 1.51. The maximum absolute atomic E-state index is 12.3. The van der Waals surface area contributed by atoms with Crippen LogP contribution in [0.4, 0.5) is 0 Å². The highest BCUT2D eigenvalue weighted by Gasteiger charge is 2.20. The lowest BCUT2D eigenvalue weighted by Gasteiger charge is -2.15. The first kappa shape index (κ1) is 21.1. The van der Waals surface area contributed by atoms with Gasteiger partial charge in [-0.3, -0.25) is 4.79 Å². The zero-order valence-electron chi connectivity index (χ0n) is 17.1. The Morgan fingerprint density at radius 3 is 2.10 bits per heavy atom. The van der Waals surface area contributed by atoms with E-state index in [1.807, 2.05) is 54.6 Å². The lowest BCUT2D eigenvalue weighted by atomic mass is 10.0. The topological polar surface area (TPSA) is 61.8 Å². The Kier molecular flexibility index (Phi) is 7.22. The first-order valence-electron chi connectivity index (χ1n) is 9.90. The van der Waals surface area contributed by atoms with E-state index in [0.717, 1.165) is 11.3 Å². The number of carbonyl (C=O) groups excluding carboxylic acids is 2. The van der Waals surface area contributed by atoms with Crippen LogP contribution in [0.2, 0.25) is 0 Å². The fourth-order valence-corrected chi connectivity index (χ4v) is 2.91. The molecule has 0 bridgehead atoms. The molecular weight excluding hydrogens is 380 g/mol. The van der Waals surface area contributed by atoms with E-state index in [9.17, 15) is 9.59 Å². The summed E-state index contributed by atoms with van der Waals surface area (Å²) in [4.78, 5) is 24.7. The molecule has 30 heavy (non-hydrogen) atoms. The van der Waals surface area contributed by atoms with Gasteiger partial charge < -0.3 is 14.2 Å². The zero-order valence-corrected chi connectivity index (χ0v) is 17.1. The van der Waals surface area contributed by atoms with Crippen molar-refractivity contribution in [3.8, 4) is 17.2 Å². The number of ether oxygens (including phenoxy) is 3. The Balaban J connectivity index is 1.77. The van der Waals surface area contributed by atoms with Crippen LogP contribution < -0.4 is 9.47 Å². The lowest BCUT2D eigenvalue weighted by molar-refractivity contribution is 0.0521. The van der Waals surface area contributed by atoms with Crippen molar-refractivity contribution in [2.24, 2.45) is 0 Å². The number of esters is 1. The number of Topliss-reactive ketones (excluding diaryl/α,β-unsaturated/α-hetero) is 1. The van der Waals surface area contributed by atoms with Crippen molar-refractivity contribution in [1.29, 1.82) is 0 Å². The van der Waals surface area contributed by atoms with Crippen LogP contribution in [-0.2, 0) is 11.3 Å². The first-order valence-corrected chi connectivity index (χ1v) is 9.90. The predicted octanol–water partition coefficient (Wildman–Crippen LogP) is 5.83. The number of carbonyl (C=O) groups is 2. The third kappa shape index (κ3) is 5.26. The van der Waals surface area contributed by atoms with Gasteiger partial charge in [-0.2, -0.15) is 0 Å². The average Bonchev–Trinajstić information content (AvgIpc) is 2.78. The molecule has 0 saturated carbocycles. The van der Waals surface area contributed by atoms with Gasteiger partial charge in [0.1, 0.15) is 29.4 Å². The van der Waals surface area contributed by atoms with Crippen LogP contribution in [0, 0.1) is 0 Å². The summed E-state index contributed by atoms with van der Waals surface area (Å²) in [6, 6.07) is 21.9. The van der Waals surface area contributed by atoms with Gasteiger partial charge in [0.25, 0.3) is 0 Å². The summed E-state index contributed by atoms with van der Waals surface area (Å²) >= 11 is 0. The summed E-state index contributed by atoms with van der Waals surface area (Å²) in [6.07, 6.45) is 0.314. The van der Waals surface area contributed by atoms with Crippen LogP contribution in [-0.4, -0.2) is 18.4 Å². The molecule has 154 valence electrons. The number of benzene rings is 3. The summed E-state index contributed by atoms with van der Waals surface area (Å²) in [5, 5.41) is 0. The minimum Gasteiger partial charge on any atom is -0.487 e. The monoisotopic (exact) mass is 404 g/mol. The minimum atomic E-state index is -0.509. The third-order valence-electron chi connectivity index (χ3n) is 4.42. The molecule has 0 aliphatic heterocycles. The van der Waals surface area contributed by atoms with Gasteiger partial charge in [0, 0.05) is 6.42 Å². The summed E-state index contributed by atoms with van der Waals surface area (Å²) in [6.45, 7) is 3.95. The molecule has 0 unspecified atom stereocenters. The Morgan fingerprint density at radius 1 is 0.767 bits per heavy atom. The number of hydrogen-bond acceptors (Lipinski definition) is 5. The molecule has 0 N–H and O–H groups in total. The van der Waals surface area contributed by atoms with Crippen LogP contribution in [0.25, 0.3) is 0 Å². The van der Waals surface area contributed by atoms with Crippen molar-refractivity contribution >= 4 is 11.8 Å². The molecule has 3 aromatic carbocycles. The second-order valence-corrected chi connectivity index (χ2v) is 6.53. The molecule has 0 aliphatic carbocycles. The quantitative estimate of drug-likeness (QED) is 0.332. The second kappa shape index (κ2) is 10.3. The van der Waals surface area contributed by atoms with Crippen molar-refractivity contribution in [1.82, 2.24) is 0 Å². The van der Waals surface area contributed by atoms with Gasteiger partial charge in [0.2, 0.25) is 0 Å². The molecule has 0 heterocycles. The smallest absolute Gasteiger partial charge is 0.341 e. The van der Waals surface area contributed by atoms with Gasteiger partial charge in [-0.15, -0.1) is 0 Å². The Morgan fingerprint density at radius 2 is 1.43 bits per heavy atom. The van der Waals surface area contributed by atoms with Crippen LogP contribution in [0.5, 0.6) is 17.2 Å². The Labute approximate surface area is 176 Å². The molecule has 3 aromatic rings. The average molecular weight is 404 g/mol. The van der Waals surface area contributed by atoms with Crippen molar-refractivity contribution in [3.63, 3.8) is 0 Å². The highest BCUT2D eigenvalue weighted by molar-refractivity contribution is 6.03. The van der Waals surface area contributed by atoms with Gasteiger partial charge in [-0.25, -0.2) is 4.79 Å². The molecule has 3 rings (SSSR count). The second-order valence-electron chi connectivity index (χ2n) is 6.53. The highest BCUT2D eigenvalue weighted by atomic mass is 16.5. The molecule has 0 radical (unpaired) electrons. The number of ketones is 1. The van der Waals surface area contributed by atoms with E-state index < -0.39 is 5.97 Å². The van der Waals surface area contributed by atoms with Gasteiger partial charge in [0.05, 0.1) is 12.2 Å². The summed E-state index contributed by atoms with van der Waals surface area (Å²) < 4.78 is 16.8. The van der Waals surface area contributed by atoms with Crippen LogP contribution >= 0.6 is 0 Å². The molecular formula is C25H24O5. The Bertz CT molecular complexity index is 994. The van der Waals surface area contributed by atoms with Crippen molar-refractivity contribution < 1.29 is 23.8 Å². The van der Waals surface area contributed by atoms with Crippen LogP contribution in [0.15, 0.2) is 72.8 Å². The summed E-state index contributed by atoms with van der Waals surface area (Å²) in [5.74, 6) is 1.12. The van der Waals surface area contributed by atoms with Gasteiger partial charge in [0.15, 0.2) is 5.78 Å². The van der Waals surface area contributed by atoms with E-state index in [4.69, 9.17) is 14.2 Å². The number of rotatable bonds is 9. The normalized spacial score (nSPS) is 10.3. The molecule has 0 aromatic heterocycles. The third-order valence-corrected chi connectivity index (χ3v) is 4.42. The maximum atomic E-state index is 12.3. The van der Waals surface area contributed by atoms with E-state index in [1.165, 1.54) is 0 Å². The predicted molar refractivity (Wildman–Crippen MR) is 114 cm³/mol. The van der Waals surface area contributed by atoms with Gasteiger partial charge in [-0.1, -0.05) is 43.3 Å². The molecule has 5 nitrogen and oxygen atoms in total. The van der Waals surface area contributed by atoms with Crippen LogP contribution in [0.3, 0.4) is 0 Å². The van der Waals surface area contributed by atoms with Gasteiger partial charge >= 0.3 is 5.97 Å². The zero-order chi connectivity index (χ0) is 21.3. The minimum absolute atomic E-state index is 0.0947. The largest absolute Gasteiger partial charge is 0.487 e. The Hall–Kier alpha value is -3.60. The van der Waals surface area contributed by atoms with Crippen molar-refractivity contribution in [2.75, 3.05) is 6.61 Å². The number of para-hydroxylation sites is 2. The maximum Gasteiger partial charge on any atom is 0.341 e. The van der Waals surface area contributed by atoms with E-state index in [2.05, 4.69) is 0 Å². The van der Waals surface area contributed by atoms with E-state index >= 15 is 0 Å². The SMILES string of the molecule is CCOC(=O)c1cccc(C(=O)CC)c1OCc1ccc(Oc2ccccc2)cc1. The van der Waals surface area contributed by atoms with Crippen molar-refractivity contribution in [3.05, 3.63) is 89.5 Å². The summed E-state index contributed by atoms with van der Waals surface area (Å²) in [7, 11) is 0. The molecule has 5 heteroatoms.